The van der Waals surface area contributed by atoms with Gasteiger partial charge in [0.25, 0.3) is 0 Å². The predicted molar refractivity (Wildman–Crippen MR) is 98.3 cm³/mol. The molecule has 0 aliphatic heterocycles. The monoisotopic (exact) mass is 404 g/mol. The Labute approximate surface area is 157 Å². The first kappa shape index (κ1) is 22.0. The highest BCUT2D eigenvalue weighted by molar-refractivity contribution is 7.89. The van der Waals surface area contributed by atoms with Gasteiger partial charge < -0.3 is 10.2 Å². The van der Waals surface area contributed by atoms with E-state index in [-0.39, 0.29) is 6.54 Å². The molecule has 26 heavy (non-hydrogen) atoms. The van der Waals surface area contributed by atoms with Gasteiger partial charge in [-0.3, -0.25) is 14.3 Å². The molecule has 0 aromatic carbocycles. The molecular weight excluding hydrogens is 380 g/mol. The first-order valence-corrected chi connectivity index (χ1v) is 10.6. The van der Waals surface area contributed by atoms with Crippen molar-refractivity contribution < 1.29 is 22.8 Å². The van der Waals surface area contributed by atoms with Crippen LogP contribution in [0, 0.1) is 0 Å². The minimum Gasteiger partial charge on any atom is -0.328 e. The fourth-order valence-electron chi connectivity index (χ4n) is 1.96. The summed E-state index contributed by atoms with van der Waals surface area (Å²) < 4.78 is 23.9. The lowest BCUT2D eigenvalue weighted by Crippen LogP contribution is -2.48. The van der Waals surface area contributed by atoms with Crippen molar-refractivity contribution in [1.82, 2.24) is 19.9 Å². The molecule has 3 amide bonds. The number of amides is 3. The minimum atomic E-state index is -3.73. The standard InChI is InChI=1S/C15H24N4O5S2/c1-9(2)14-16-11(8-25-14)7-19(4)15(22)17-12(10(3)20)6-13(21)18-26(5,23)24/h8-9,12H,6-7H2,1-5H3,(H,17,22)(H,18,21). The van der Waals surface area contributed by atoms with Gasteiger partial charge in [-0.2, -0.15) is 0 Å². The number of sulfonamides is 1. The summed E-state index contributed by atoms with van der Waals surface area (Å²) in [7, 11) is -2.19. The third-order valence-corrected chi connectivity index (χ3v) is 5.08. The first-order chi connectivity index (χ1) is 11.9. The predicted octanol–water partition coefficient (Wildman–Crippen LogP) is 0.831. The molecule has 0 aliphatic rings. The second-order valence-electron chi connectivity index (χ2n) is 6.30. The molecule has 0 fully saturated rings. The quantitative estimate of drug-likeness (QED) is 0.661. The Kier molecular flexibility index (Phi) is 7.69. The summed E-state index contributed by atoms with van der Waals surface area (Å²) in [6, 6.07) is -1.68. The van der Waals surface area contributed by atoms with Gasteiger partial charge in [-0.15, -0.1) is 11.3 Å². The Morgan fingerprint density at radius 2 is 1.92 bits per heavy atom. The average molecular weight is 405 g/mol. The van der Waals surface area contributed by atoms with Crippen molar-refractivity contribution in [2.45, 2.75) is 45.7 Å². The SMILES string of the molecule is CC(=O)C(CC(=O)NS(C)(=O)=O)NC(=O)N(C)Cc1csc(C(C)C)n1. The number of aromatic nitrogens is 1. The summed E-state index contributed by atoms with van der Waals surface area (Å²) in [5, 5.41) is 5.27. The third-order valence-electron chi connectivity index (χ3n) is 3.29. The smallest absolute Gasteiger partial charge is 0.318 e. The number of carbonyl (C=O) groups excluding carboxylic acids is 3. The van der Waals surface area contributed by atoms with Crippen molar-refractivity contribution in [3.8, 4) is 0 Å². The van der Waals surface area contributed by atoms with E-state index in [4.69, 9.17) is 0 Å². The Morgan fingerprint density at radius 3 is 2.38 bits per heavy atom. The largest absolute Gasteiger partial charge is 0.328 e. The van der Waals surface area contributed by atoms with Gasteiger partial charge in [-0.05, 0) is 6.92 Å². The lowest BCUT2D eigenvalue weighted by atomic mass is 10.1. The molecule has 1 unspecified atom stereocenters. The molecule has 146 valence electrons. The van der Waals surface area contributed by atoms with E-state index < -0.39 is 40.2 Å². The average Bonchev–Trinajstić information content (AvgIpc) is 2.92. The topological polar surface area (TPSA) is 126 Å². The van der Waals surface area contributed by atoms with Crippen molar-refractivity contribution in [2.24, 2.45) is 0 Å². The first-order valence-electron chi connectivity index (χ1n) is 7.86. The summed E-state index contributed by atoms with van der Waals surface area (Å²) in [4.78, 5) is 41.4. The number of carbonyl (C=O) groups is 3. The molecule has 1 rings (SSSR count). The van der Waals surface area contributed by atoms with Crippen LogP contribution >= 0.6 is 11.3 Å². The lowest BCUT2D eigenvalue weighted by Gasteiger charge is -2.21. The van der Waals surface area contributed by atoms with Gasteiger partial charge in [0, 0.05) is 18.3 Å². The highest BCUT2D eigenvalue weighted by atomic mass is 32.2. The van der Waals surface area contributed by atoms with Crippen LogP contribution in [0.25, 0.3) is 0 Å². The second-order valence-corrected chi connectivity index (χ2v) is 8.94. The van der Waals surface area contributed by atoms with Gasteiger partial charge in [0.05, 0.1) is 36.0 Å². The van der Waals surface area contributed by atoms with Crippen LogP contribution in [-0.4, -0.2) is 55.4 Å². The Balaban J connectivity index is 2.67. The van der Waals surface area contributed by atoms with Crippen LogP contribution in [-0.2, 0) is 26.2 Å². The zero-order valence-electron chi connectivity index (χ0n) is 15.4. The highest BCUT2D eigenvalue weighted by Gasteiger charge is 2.24. The molecule has 0 saturated heterocycles. The molecule has 0 spiro atoms. The van der Waals surface area contributed by atoms with Crippen LogP contribution in [0.15, 0.2) is 5.38 Å². The summed E-state index contributed by atoms with van der Waals surface area (Å²) in [6.45, 7) is 5.51. The number of hydrogen-bond donors (Lipinski definition) is 2. The maximum Gasteiger partial charge on any atom is 0.318 e. The van der Waals surface area contributed by atoms with Crippen LogP contribution in [0.1, 0.15) is 43.8 Å². The number of hydrogen-bond acceptors (Lipinski definition) is 7. The molecule has 1 heterocycles. The molecule has 0 aliphatic carbocycles. The Bertz CT molecular complexity index is 773. The van der Waals surface area contributed by atoms with E-state index in [1.165, 1.54) is 30.2 Å². The molecule has 9 nitrogen and oxygen atoms in total. The molecule has 0 bridgehead atoms. The van der Waals surface area contributed by atoms with E-state index in [9.17, 15) is 22.8 Å². The fraction of sp³-hybridized carbons (Fsp3) is 0.600. The normalized spacial score (nSPS) is 12.5. The number of nitrogens with zero attached hydrogens (tertiary/aromatic N) is 2. The van der Waals surface area contributed by atoms with Crippen molar-refractivity contribution in [3.63, 3.8) is 0 Å². The third kappa shape index (κ3) is 7.48. The number of Topliss-reactive ketones (excluding diaryl/α,β-unsaturated/α-hetero) is 1. The number of ketones is 1. The summed E-state index contributed by atoms with van der Waals surface area (Å²) in [5.41, 5.74) is 0.727. The maximum absolute atomic E-state index is 12.3. The Morgan fingerprint density at radius 1 is 1.31 bits per heavy atom. The van der Waals surface area contributed by atoms with Crippen molar-refractivity contribution in [2.75, 3.05) is 13.3 Å². The highest BCUT2D eigenvalue weighted by Crippen LogP contribution is 2.19. The van der Waals surface area contributed by atoms with Gasteiger partial charge in [0.15, 0.2) is 5.78 Å². The van der Waals surface area contributed by atoms with Crippen LogP contribution < -0.4 is 10.0 Å². The molecular formula is C15H24N4O5S2. The van der Waals surface area contributed by atoms with E-state index in [1.807, 2.05) is 19.2 Å². The van der Waals surface area contributed by atoms with E-state index >= 15 is 0 Å². The van der Waals surface area contributed by atoms with Crippen LogP contribution in [0.2, 0.25) is 0 Å². The molecule has 2 N–H and O–H groups in total. The number of nitrogens with one attached hydrogen (secondary N) is 2. The number of rotatable bonds is 8. The lowest BCUT2D eigenvalue weighted by molar-refractivity contribution is -0.125. The summed E-state index contributed by atoms with van der Waals surface area (Å²) >= 11 is 1.51. The van der Waals surface area contributed by atoms with E-state index in [1.54, 1.807) is 4.72 Å². The second kappa shape index (κ2) is 9.08. The van der Waals surface area contributed by atoms with Crippen LogP contribution in [0.3, 0.4) is 0 Å². The summed E-state index contributed by atoms with van der Waals surface area (Å²) in [5.74, 6) is -1.02. The molecule has 1 atom stereocenters. The van der Waals surface area contributed by atoms with Gasteiger partial charge in [0.2, 0.25) is 15.9 Å². The number of urea groups is 1. The van der Waals surface area contributed by atoms with E-state index in [0.717, 1.165) is 17.0 Å². The van der Waals surface area contributed by atoms with Crippen LogP contribution in [0.5, 0.6) is 0 Å². The maximum atomic E-state index is 12.3. The van der Waals surface area contributed by atoms with Gasteiger partial charge in [-0.1, -0.05) is 13.8 Å². The molecule has 0 radical (unpaired) electrons. The van der Waals surface area contributed by atoms with Gasteiger partial charge in [-0.25, -0.2) is 18.2 Å². The fourth-order valence-corrected chi connectivity index (χ4v) is 3.29. The molecule has 1 aromatic rings. The van der Waals surface area contributed by atoms with Crippen LogP contribution in [0.4, 0.5) is 4.79 Å². The molecule has 0 saturated carbocycles. The number of thiazole rings is 1. The van der Waals surface area contributed by atoms with E-state index in [0.29, 0.717) is 5.92 Å². The van der Waals surface area contributed by atoms with Crippen molar-refractivity contribution >= 4 is 39.1 Å². The van der Waals surface area contributed by atoms with Crippen molar-refractivity contribution in [1.29, 1.82) is 0 Å². The van der Waals surface area contributed by atoms with E-state index in [2.05, 4.69) is 10.3 Å². The van der Waals surface area contributed by atoms with Crippen molar-refractivity contribution in [3.05, 3.63) is 16.1 Å². The zero-order valence-corrected chi connectivity index (χ0v) is 17.0. The Hall–Kier alpha value is -2.01. The van der Waals surface area contributed by atoms with Gasteiger partial charge in [0.1, 0.15) is 0 Å². The molecule has 11 heteroatoms. The summed E-state index contributed by atoms with van der Waals surface area (Å²) in [6.07, 6.45) is 0.371. The zero-order chi connectivity index (χ0) is 20.1. The minimum absolute atomic E-state index is 0.245. The molecule has 1 aromatic heterocycles. The van der Waals surface area contributed by atoms with Gasteiger partial charge >= 0.3 is 6.03 Å².